The van der Waals surface area contributed by atoms with E-state index in [0.29, 0.717) is 0 Å². The fraction of sp³-hybridized carbons (Fsp3) is 0.125. The molecular formula is C16H18P+. The molecule has 0 radical (unpaired) electrons. The van der Waals surface area contributed by atoms with E-state index in [9.17, 15) is 0 Å². The van der Waals surface area contributed by atoms with Crippen LogP contribution in [0.15, 0.2) is 61.2 Å². The summed E-state index contributed by atoms with van der Waals surface area (Å²) < 4.78 is 0. The van der Waals surface area contributed by atoms with Crippen LogP contribution in [-0.4, -0.2) is 13.3 Å². The van der Waals surface area contributed by atoms with Crippen LogP contribution in [0.3, 0.4) is 0 Å². The van der Waals surface area contributed by atoms with E-state index >= 15 is 0 Å². The lowest BCUT2D eigenvalue weighted by molar-refractivity contribution is 1.69. The first-order valence-electron chi connectivity index (χ1n) is 5.77. The summed E-state index contributed by atoms with van der Waals surface area (Å²) in [5.41, 5.74) is 1.18. The van der Waals surface area contributed by atoms with Gasteiger partial charge in [0, 0.05) is 0 Å². The van der Waals surface area contributed by atoms with Gasteiger partial charge < -0.3 is 0 Å². The normalized spacial score (nSPS) is 11.2. The van der Waals surface area contributed by atoms with Crippen LogP contribution in [0.2, 0.25) is 0 Å². The number of hydrogen-bond donors (Lipinski definition) is 0. The van der Waals surface area contributed by atoms with Gasteiger partial charge in [0.05, 0.1) is 31.2 Å². The predicted molar refractivity (Wildman–Crippen MR) is 81.0 cm³/mol. The van der Waals surface area contributed by atoms with Crippen LogP contribution in [0.1, 0.15) is 5.56 Å². The van der Waals surface area contributed by atoms with Crippen molar-refractivity contribution in [3.63, 3.8) is 0 Å². The van der Waals surface area contributed by atoms with Gasteiger partial charge in [0.2, 0.25) is 0 Å². The van der Waals surface area contributed by atoms with Gasteiger partial charge in [0.15, 0.2) is 0 Å². The van der Waals surface area contributed by atoms with E-state index in [-0.39, 0.29) is 0 Å². The van der Waals surface area contributed by atoms with E-state index in [2.05, 4.69) is 74.5 Å². The van der Waals surface area contributed by atoms with Crippen molar-refractivity contribution in [1.82, 2.24) is 0 Å². The molecule has 2 aromatic carbocycles. The molecule has 0 N–H and O–H groups in total. The Kier molecular flexibility index (Phi) is 3.45. The van der Waals surface area contributed by atoms with Crippen LogP contribution in [-0.2, 0) is 0 Å². The molecule has 0 bridgehead atoms. The largest absolute Gasteiger partial charge is 0.0986 e. The number of benzene rings is 2. The topological polar surface area (TPSA) is 0 Å². The van der Waals surface area contributed by atoms with E-state index in [0.717, 1.165) is 0 Å². The maximum Gasteiger partial charge on any atom is 0.0986 e. The molecule has 0 fully saturated rings. The molecule has 2 aromatic rings. The molecule has 17 heavy (non-hydrogen) atoms. The minimum Gasteiger partial charge on any atom is -0.0985 e. The Morgan fingerprint density at radius 2 is 1.35 bits per heavy atom. The van der Waals surface area contributed by atoms with Crippen molar-refractivity contribution in [3.05, 3.63) is 66.7 Å². The zero-order valence-electron chi connectivity index (χ0n) is 10.4. The van der Waals surface area contributed by atoms with E-state index in [1.54, 1.807) is 0 Å². The van der Waals surface area contributed by atoms with Crippen LogP contribution < -0.4 is 10.6 Å². The summed E-state index contributed by atoms with van der Waals surface area (Å²) in [6.45, 7) is 8.52. The van der Waals surface area contributed by atoms with Gasteiger partial charge in [-0.1, -0.05) is 43.0 Å². The highest BCUT2D eigenvalue weighted by atomic mass is 31.2. The fourth-order valence-electron chi connectivity index (χ4n) is 1.93. The maximum atomic E-state index is 3.79. The van der Waals surface area contributed by atoms with Crippen molar-refractivity contribution >= 4 is 23.9 Å². The Morgan fingerprint density at radius 1 is 0.824 bits per heavy atom. The van der Waals surface area contributed by atoms with Crippen LogP contribution in [0.25, 0.3) is 6.08 Å². The minimum absolute atomic E-state index is 1.18. The molecular weight excluding hydrogens is 223 g/mol. The highest BCUT2D eigenvalue weighted by molar-refractivity contribution is 7.88. The van der Waals surface area contributed by atoms with Gasteiger partial charge in [0.25, 0.3) is 0 Å². The smallest absolute Gasteiger partial charge is 0.0985 e. The van der Waals surface area contributed by atoms with Gasteiger partial charge in [-0.05, 0) is 29.8 Å². The fourth-order valence-corrected chi connectivity index (χ4v) is 4.04. The highest BCUT2D eigenvalue weighted by Crippen LogP contribution is 2.48. The lowest BCUT2D eigenvalue weighted by Crippen LogP contribution is -2.19. The molecule has 0 unspecified atom stereocenters. The monoisotopic (exact) mass is 241 g/mol. The Bertz CT molecular complexity index is 495. The van der Waals surface area contributed by atoms with E-state index in [4.69, 9.17) is 0 Å². The molecule has 0 aliphatic rings. The zero-order chi connectivity index (χ0) is 12.3. The first-order chi connectivity index (χ1) is 8.14. The minimum atomic E-state index is -1.21. The second-order valence-electron chi connectivity index (χ2n) is 4.58. The molecule has 0 heterocycles. The van der Waals surface area contributed by atoms with E-state index in [1.165, 1.54) is 16.2 Å². The van der Waals surface area contributed by atoms with Gasteiger partial charge in [0.1, 0.15) is 0 Å². The Morgan fingerprint density at radius 3 is 1.88 bits per heavy atom. The van der Waals surface area contributed by atoms with Crippen LogP contribution >= 0.6 is 7.26 Å². The second kappa shape index (κ2) is 4.85. The highest BCUT2D eigenvalue weighted by Gasteiger charge is 2.30. The quantitative estimate of drug-likeness (QED) is 0.721. The summed E-state index contributed by atoms with van der Waals surface area (Å²) in [5.74, 6) is 0. The molecule has 0 aromatic heterocycles. The number of hydrogen-bond acceptors (Lipinski definition) is 0. The number of rotatable bonds is 3. The van der Waals surface area contributed by atoms with Crippen LogP contribution in [0.5, 0.6) is 0 Å². The lowest BCUT2D eigenvalue weighted by Gasteiger charge is -2.17. The van der Waals surface area contributed by atoms with E-state index in [1.807, 2.05) is 6.08 Å². The van der Waals surface area contributed by atoms with Crippen molar-refractivity contribution in [2.24, 2.45) is 0 Å². The van der Waals surface area contributed by atoms with Crippen LogP contribution in [0, 0.1) is 0 Å². The summed E-state index contributed by atoms with van der Waals surface area (Å²) in [4.78, 5) is 0. The van der Waals surface area contributed by atoms with Crippen molar-refractivity contribution in [2.45, 2.75) is 0 Å². The zero-order valence-corrected chi connectivity index (χ0v) is 11.3. The third kappa shape index (κ3) is 2.48. The SMILES string of the molecule is C=Cc1ccc([P+](C)(C)c2ccccc2)cc1. The molecule has 0 spiro atoms. The van der Waals surface area contributed by atoms with Crippen LogP contribution in [0.4, 0.5) is 0 Å². The Hall–Kier alpha value is -1.39. The second-order valence-corrected chi connectivity index (χ2v) is 8.52. The summed E-state index contributed by atoms with van der Waals surface area (Å²) in [7, 11) is -1.21. The summed E-state index contributed by atoms with van der Waals surface area (Å²) in [5, 5.41) is 2.89. The standard InChI is InChI=1S/C16H18P/c1-4-14-10-12-16(13-11-14)17(2,3)15-8-6-5-7-9-15/h4-13H,1H2,2-3H3/q+1. The first-order valence-corrected chi connectivity index (χ1v) is 8.45. The first kappa shape index (κ1) is 12.1. The molecule has 0 nitrogen and oxygen atoms in total. The molecule has 0 saturated carbocycles. The Labute approximate surface area is 104 Å². The molecule has 0 saturated heterocycles. The average Bonchev–Trinajstić information content (AvgIpc) is 2.40. The van der Waals surface area contributed by atoms with Crippen molar-refractivity contribution in [2.75, 3.05) is 13.3 Å². The van der Waals surface area contributed by atoms with Crippen molar-refractivity contribution in [1.29, 1.82) is 0 Å². The van der Waals surface area contributed by atoms with Gasteiger partial charge in [-0.15, -0.1) is 0 Å². The van der Waals surface area contributed by atoms with Crippen molar-refractivity contribution in [3.8, 4) is 0 Å². The third-order valence-electron chi connectivity index (χ3n) is 3.18. The van der Waals surface area contributed by atoms with E-state index < -0.39 is 7.26 Å². The van der Waals surface area contributed by atoms with Crippen molar-refractivity contribution < 1.29 is 0 Å². The molecule has 2 rings (SSSR count). The average molecular weight is 241 g/mol. The third-order valence-corrected chi connectivity index (χ3v) is 6.35. The lowest BCUT2D eigenvalue weighted by atomic mass is 10.2. The van der Waals surface area contributed by atoms with Gasteiger partial charge in [-0.25, -0.2) is 0 Å². The van der Waals surface area contributed by atoms with Gasteiger partial charge >= 0.3 is 0 Å². The van der Waals surface area contributed by atoms with Gasteiger partial charge in [-0.3, -0.25) is 0 Å². The molecule has 0 amide bonds. The molecule has 86 valence electrons. The summed E-state index contributed by atoms with van der Waals surface area (Å²) in [6, 6.07) is 19.5. The maximum absolute atomic E-state index is 3.79. The molecule has 0 aliphatic heterocycles. The molecule has 0 aliphatic carbocycles. The van der Waals surface area contributed by atoms with Gasteiger partial charge in [-0.2, -0.15) is 0 Å². The summed E-state index contributed by atoms with van der Waals surface area (Å²) in [6.07, 6.45) is 1.89. The predicted octanol–water partition coefficient (Wildman–Crippen LogP) is 3.56. The Balaban J connectivity index is 2.40. The molecule has 0 atom stereocenters. The molecule has 1 heteroatoms. The summed E-state index contributed by atoms with van der Waals surface area (Å²) >= 11 is 0.